The summed E-state index contributed by atoms with van der Waals surface area (Å²) in [5.74, 6) is 0.373. The molecule has 2 aromatic heterocycles. The predicted octanol–water partition coefficient (Wildman–Crippen LogP) is 6.00. The molecule has 1 saturated heterocycles. The van der Waals surface area contributed by atoms with Crippen molar-refractivity contribution in [2.24, 2.45) is 0 Å². The summed E-state index contributed by atoms with van der Waals surface area (Å²) in [5.41, 5.74) is 9.28. The Morgan fingerprint density at radius 1 is 1.10 bits per heavy atom. The molecule has 0 radical (unpaired) electrons. The molecule has 208 valence electrons. The van der Waals surface area contributed by atoms with Crippen LogP contribution in [0, 0.1) is 35.4 Å². The van der Waals surface area contributed by atoms with E-state index in [4.69, 9.17) is 24.4 Å². The first-order chi connectivity index (χ1) is 19.7. The van der Waals surface area contributed by atoms with Crippen LogP contribution in [0.5, 0.6) is 5.75 Å². The molecule has 5 rings (SSSR count). The molecular weight excluding hydrogens is 545 g/mol. The number of hydrogen-bond donors (Lipinski definition) is 1. The molecule has 1 aliphatic rings. The Morgan fingerprint density at radius 3 is 2.49 bits per heavy atom. The van der Waals surface area contributed by atoms with Crippen LogP contribution >= 0.6 is 11.8 Å². The highest BCUT2D eigenvalue weighted by Gasteiger charge is 2.33. The summed E-state index contributed by atoms with van der Waals surface area (Å²) in [5, 5.41) is 20.3. The number of anilines is 1. The highest BCUT2D eigenvalue weighted by atomic mass is 32.2. The van der Waals surface area contributed by atoms with Crippen molar-refractivity contribution in [2.45, 2.75) is 43.4 Å². The molecule has 0 amide bonds. The molecule has 1 atom stereocenters. The van der Waals surface area contributed by atoms with Crippen molar-refractivity contribution in [3.8, 4) is 40.5 Å². The number of aromatic nitrogens is 2. The summed E-state index contributed by atoms with van der Waals surface area (Å²) in [7, 11) is 0. The van der Waals surface area contributed by atoms with Crippen LogP contribution in [0.4, 0.5) is 10.2 Å². The Bertz CT molecular complexity index is 1670. The van der Waals surface area contributed by atoms with Crippen molar-refractivity contribution < 1.29 is 23.0 Å². The number of aryl methyl sites for hydroxylation is 1. The highest BCUT2D eigenvalue weighted by molar-refractivity contribution is 7.98. The number of nitrogen functional groups attached to an aromatic ring is 1. The van der Waals surface area contributed by atoms with E-state index in [0.717, 1.165) is 0 Å². The van der Waals surface area contributed by atoms with Crippen LogP contribution in [0.1, 0.15) is 36.2 Å². The Morgan fingerprint density at radius 2 is 1.83 bits per heavy atom. The number of pyridine rings is 1. The number of thioether (sulfide) groups is 1. The van der Waals surface area contributed by atoms with Gasteiger partial charge in [-0.25, -0.2) is 14.4 Å². The molecule has 0 spiro atoms. The Balaban J connectivity index is 1.35. The lowest BCUT2D eigenvalue weighted by atomic mass is 9.97. The molecular formula is C30H26FN5O4S. The second kappa shape index (κ2) is 11.6. The van der Waals surface area contributed by atoms with Gasteiger partial charge in [-0.3, -0.25) is 0 Å². The van der Waals surface area contributed by atoms with Gasteiger partial charge in [0.1, 0.15) is 59.1 Å². The lowest BCUT2D eigenvalue weighted by molar-refractivity contribution is -0.141. The minimum atomic E-state index is -0.631. The third-order valence-electron chi connectivity index (χ3n) is 6.38. The Labute approximate surface area is 240 Å². The van der Waals surface area contributed by atoms with E-state index in [9.17, 15) is 14.9 Å². The van der Waals surface area contributed by atoms with E-state index in [1.54, 1.807) is 43.3 Å². The van der Waals surface area contributed by atoms with Gasteiger partial charge in [0.15, 0.2) is 5.79 Å². The first kappa shape index (κ1) is 28.1. The SMILES string of the molecule is Cc1cc(-c2nc(CSc3nc(N)c(C#N)c(-c4ccc(OC[C@H]5COC(C)(C)O5)cc4)c3C#N)co2)ccc1F. The second-order valence-corrected chi connectivity index (χ2v) is 10.8. The van der Waals surface area contributed by atoms with Crippen LogP contribution in [0.15, 0.2) is 58.2 Å². The fourth-order valence-electron chi connectivity index (χ4n) is 4.37. The molecule has 3 heterocycles. The quantitative estimate of drug-likeness (QED) is 0.250. The number of nitriles is 2. The molecule has 11 heteroatoms. The Hall–Kier alpha value is -4.42. The summed E-state index contributed by atoms with van der Waals surface area (Å²) < 4.78 is 36.4. The molecule has 4 aromatic rings. The van der Waals surface area contributed by atoms with Gasteiger partial charge in [-0.05, 0) is 62.2 Å². The predicted molar refractivity (Wildman–Crippen MR) is 150 cm³/mol. The van der Waals surface area contributed by atoms with Gasteiger partial charge in [0.25, 0.3) is 0 Å². The molecule has 2 aromatic carbocycles. The Kier molecular flexibility index (Phi) is 7.95. The molecule has 9 nitrogen and oxygen atoms in total. The lowest BCUT2D eigenvalue weighted by Crippen LogP contribution is -2.25. The van der Waals surface area contributed by atoms with Gasteiger partial charge < -0.3 is 24.4 Å². The van der Waals surface area contributed by atoms with Crippen LogP contribution < -0.4 is 10.5 Å². The number of halogens is 1. The molecule has 41 heavy (non-hydrogen) atoms. The van der Waals surface area contributed by atoms with Crippen molar-refractivity contribution in [3.63, 3.8) is 0 Å². The molecule has 0 bridgehead atoms. The monoisotopic (exact) mass is 571 g/mol. The van der Waals surface area contributed by atoms with Crippen LogP contribution in [0.25, 0.3) is 22.6 Å². The van der Waals surface area contributed by atoms with Crippen molar-refractivity contribution >= 4 is 17.6 Å². The average molecular weight is 572 g/mol. The van der Waals surface area contributed by atoms with Crippen LogP contribution in [-0.2, 0) is 15.2 Å². The third-order valence-corrected chi connectivity index (χ3v) is 7.38. The van der Waals surface area contributed by atoms with E-state index in [0.29, 0.717) is 63.6 Å². The number of rotatable bonds is 8. The van der Waals surface area contributed by atoms with Gasteiger partial charge in [0.2, 0.25) is 5.89 Å². The summed E-state index contributed by atoms with van der Waals surface area (Å²) in [6, 6.07) is 16.0. The van der Waals surface area contributed by atoms with E-state index < -0.39 is 5.79 Å². The second-order valence-electron chi connectivity index (χ2n) is 9.83. The van der Waals surface area contributed by atoms with E-state index in [1.165, 1.54) is 24.1 Å². The summed E-state index contributed by atoms with van der Waals surface area (Å²) in [4.78, 5) is 8.84. The molecule has 2 N–H and O–H groups in total. The number of nitrogens with two attached hydrogens (primary N) is 1. The zero-order valence-corrected chi connectivity index (χ0v) is 23.4. The summed E-state index contributed by atoms with van der Waals surface area (Å²) in [6.45, 7) is 6.14. The fraction of sp³-hybridized carbons (Fsp3) is 0.267. The fourth-order valence-corrected chi connectivity index (χ4v) is 5.24. The standard InChI is InChI=1S/C30H26FN5O4S/c1-17-10-19(6-9-25(17)31)28-35-20(13-38-28)16-41-29-24(12-33)26(23(11-32)27(34)36-29)18-4-7-21(8-5-18)37-14-22-15-39-30(2,3)40-22/h4-10,13,22H,14-16H2,1-3H3,(H2,34,36)/t22-/m0/s1. The maximum Gasteiger partial charge on any atom is 0.226 e. The van der Waals surface area contributed by atoms with E-state index >= 15 is 0 Å². The lowest BCUT2D eigenvalue weighted by Gasteiger charge is -2.17. The number of nitrogens with zero attached hydrogens (tertiary/aromatic N) is 4. The van der Waals surface area contributed by atoms with Crippen molar-refractivity contribution in [1.82, 2.24) is 9.97 Å². The van der Waals surface area contributed by atoms with Gasteiger partial charge in [0, 0.05) is 16.9 Å². The summed E-state index contributed by atoms with van der Waals surface area (Å²) in [6.07, 6.45) is 1.32. The number of ether oxygens (including phenoxy) is 3. The van der Waals surface area contributed by atoms with Crippen LogP contribution in [0.2, 0.25) is 0 Å². The van der Waals surface area contributed by atoms with Gasteiger partial charge in [-0.2, -0.15) is 10.5 Å². The topological polar surface area (TPSA) is 140 Å². The molecule has 0 unspecified atom stereocenters. The van der Waals surface area contributed by atoms with Gasteiger partial charge in [-0.1, -0.05) is 23.9 Å². The van der Waals surface area contributed by atoms with E-state index in [1.807, 2.05) is 13.8 Å². The normalized spacial score (nSPS) is 15.8. The maximum atomic E-state index is 13.6. The highest BCUT2D eigenvalue weighted by Crippen LogP contribution is 2.37. The maximum absolute atomic E-state index is 13.6. The smallest absolute Gasteiger partial charge is 0.226 e. The number of oxazole rings is 1. The zero-order valence-electron chi connectivity index (χ0n) is 22.6. The molecule has 0 aliphatic carbocycles. The van der Waals surface area contributed by atoms with Crippen molar-refractivity contribution in [1.29, 1.82) is 10.5 Å². The van der Waals surface area contributed by atoms with Crippen LogP contribution in [0.3, 0.4) is 0 Å². The summed E-state index contributed by atoms with van der Waals surface area (Å²) >= 11 is 1.25. The first-order valence-electron chi connectivity index (χ1n) is 12.7. The number of benzene rings is 2. The third kappa shape index (κ3) is 6.18. The van der Waals surface area contributed by atoms with Gasteiger partial charge in [0.05, 0.1) is 17.9 Å². The van der Waals surface area contributed by atoms with Crippen LogP contribution in [-0.4, -0.2) is 35.1 Å². The first-order valence-corrected chi connectivity index (χ1v) is 13.7. The number of hydrogen-bond acceptors (Lipinski definition) is 10. The van der Waals surface area contributed by atoms with Crippen molar-refractivity contribution in [3.05, 3.63) is 76.9 Å². The molecule has 1 aliphatic heterocycles. The van der Waals surface area contributed by atoms with E-state index in [2.05, 4.69) is 22.1 Å². The largest absolute Gasteiger partial charge is 0.491 e. The zero-order chi connectivity index (χ0) is 29.1. The molecule has 0 saturated carbocycles. The van der Waals surface area contributed by atoms with Crippen molar-refractivity contribution in [2.75, 3.05) is 18.9 Å². The average Bonchev–Trinajstić information content (AvgIpc) is 3.58. The minimum Gasteiger partial charge on any atom is -0.491 e. The molecule has 1 fully saturated rings. The van der Waals surface area contributed by atoms with Gasteiger partial charge in [-0.15, -0.1) is 0 Å². The minimum absolute atomic E-state index is 0.0213. The van der Waals surface area contributed by atoms with Gasteiger partial charge >= 0.3 is 0 Å². The van der Waals surface area contributed by atoms with E-state index in [-0.39, 0.29) is 28.9 Å².